The molecule has 1 amide bonds. The van der Waals surface area contributed by atoms with Crippen LogP contribution in [-0.4, -0.2) is 25.4 Å². The highest BCUT2D eigenvalue weighted by Gasteiger charge is 1.84. The molecule has 41 valence electrons. The summed E-state index contributed by atoms with van der Waals surface area (Å²) in [6.07, 6.45) is 0.719. The Balaban J connectivity index is 2.98. The van der Waals surface area contributed by atoms with Crippen LogP contribution in [0.15, 0.2) is 0 Å². The molecule has 0 aromatic carbocycles. The number of rotatable bonds is 3. The second-order valence-corrected chi connectivity index (χ2v) is 1.19. The molecule has 3 heteroatoms. The van der Waals surface area contributed by atoms with E-state index in [2.05, 4.69) is 5.32 Å². The minimum Gasteiger partial charge on any atom is -0.329 e. The molecular formula is C4H9N2O. The van der Waals surface area contributed by atoms with Crippen molar-refractivity contribution in [3.63, 3.8) is 0 Å². The second kappa shape index (κ2) is 3.61. The van der Waals surface area contributed by atoms with Gasteiger partial charge in [-0.3, -0.25) is 10.1 Å². The fourth-order valence-electron chi connectivity index (χ4n) is 0.234. The zero-order chi connectivity index (χ0) is 5.70. The molecule has 0 fully saturated rings. The van der Waals surface area contributed by atoms with Gasteiger partial charge in [0.25, 0.3) is 0 Å². The Bertz CT molecular complexity index is 55.7. The fourth-order valence-corrected chi connectivity index (χ4v) is 0.234. The summed E-state index contributed by atoms with van der Waals surface area (Å²) in [4.78, 5) is 11.1. The Morgan fingerprint density at radius 2 is 2.29 bits per heavy atom. The van der Waals surface area contributed by atoms with Crippen molar-refractivity contribution in [2.45, 2.75) is 0 Å². The molecule has 0 bridgehead atoms. The van der Waals surface area contributed by atoms with E-state index in [-0.39, 0.29) is 0 Å². The molecule has 0 spiro atoms. The van der Waals surface area contributed by atoms with Crippen molar-refractivity contribution in [3.8, 4) is 0 Å². The molecule has 3 nitrogen and oxygen atoms in total. The lowest BCUT2D eigenvalue weighted by Crippen LogP contribution is -2.20. The third-order valence-corrected chi connectivity index (χ3v) is 0.499. The summed E-state index contributed by atoms with van der Waals surface area (Å²) >= 11 is 0. The van der Waals surface area contributed by atoms with Crippen LogP contribution in [0.5, 0.6) is 0 Å². The molecule has 0 saturated carbocycles. The topological polar surface area (TPSA) is 32.3 Å². The van der Waals surface area contributed by atoms with Crippen LogP contribution in [0.25, 0.3) is 0 Å². The SMILES string of the molecule is CN[CH]N(C)C=O. The van der Waals surface area contributed by atoms with E-state index in [1.807, 2.05) is 0 Å². The number of hydrogen-bond donors (Lipinski definition) is 1. The summed E-state index contributed by atoms with van der Waals surface area (Å²) in [6, 6.07) is 0. The Labute approximate surface area is 43.3 Å². The van der Waals surface area contributed by atoms with E-state index >= 15 is 0 Å². The first-order valence-corrected chi connectivity index (χ1v) is 1.99. The molecule has 1 radical (unpaired) electrons. The molecule has 0 rings (SSSR count). The van der Waals surface area contributed by atoms with E-state index in [0.717, 1.165) is 6.41 Å². The maximum absolute atomic E-state index is 9.75. The molecule has 0 aliphatic heterocycles. The van der Waals surface area contributed by atoms with Gasteiger partial charge < -0.3 is 4.90 Å². The van der Waals surface area contributed by atoms with Gasteiger partial charge in [0.15, 0.2) is 0 Å². The molecule has 0 aliphatic carbocycles. The molecular weight excluding hydrogens is 92.1 g/mol. The van der Waals surface area contributed by atoms with Crippen molar-refractivity contribution in [2.75, 3.05) is 14.1 Å². The third-order valence-electron chi connectivity index (χ3n) is 0.499. The fraction of sp³-hybridized carbons (Fsp3) is 0.500. The average molecular weight is 101 g/mol. The van der Waals surface area contributed by atoms with Crippen molar-refractivity contribution in [2.24, 2.45) is 0 Å². The molecule has 0 aliphatic rings. The molecule has 0 aromatic heterocycles. The first-order valence-electron chi connectivity index (χ1n) is 1.99. The summed E-state index contributed by atoms with van der Waals surface area (Å²) in [6.45, 7) is 1.56. The Kier molecular flexibility index (Phi) is 3.32. The van der Waals surface area contributed by atoms with Gasteiger partial charge in [-0.2, -0.15) is 0 Å². The van der Waals surface area contributed by atoms with Crippen molar-refractivity contribution in [1.29, 1.82) is 0 Å². The van der Waals surface area contributed by atoms with Crippen LogP contribution in [0.1, 0.15) is 0 Å². The molecule has 0 unspecified atom stereocenters. The highest BCUT2D eigenvalue weighted by molar-refractivity contribution is 5.47. The van der Waals surface area contributed by atoms with E-state index in [4.69, 9.17) is 0 Å². The first kappa shape index (κ1) is 6.43. The van der Waals surface area contributed by atoms with Gasteiger partial charge in [0.05, 0.1) is 0 Å². The molecule has 0 heterocycles. The van der Waals surface area contributed by atoms with E-state index in [0.29, 0.717) is 0 Å². The zero-order valence-corrected chi connectivity index (χ0v) is 4.51. The van der Waals surface area contributed by atoms with E-state index in [1.165, 1.54) is 4.90 Å². The van der Waals surface area contributed by atoms with Gasteiger partial charge in [-0.25, -0.2) is 0 Å². The van der Waals surface area contributed by atoms with Crippen LogP contribution in [0, 0.1) is 6.67 Å². The normalized spacial score (nSPS) is 8.29. The van der Waals surface area contributed by atoms with Crippen LogP contribution in [0.4, 0.5) is 0 Å². The number of carbonyl (C=O) groups excluding carboxylic acids is 1. The minimum absolute atomic E-state index is 0.719. The smallest absolute Gasteiger partial charge is 0.210 e. The standard InChI is InChI=1S/C4H9N2O/c1-5-3-6(2)4-7/h3-5H,1-2H3. The lowest BCUT2D eigenvalue weighted by molar-refractivity contribution is -0.115. The molecule has 0 saturated heterocycles. The average Bonchev–Trinajstić information content (AvgIpc) is 1.68. The summed E-state index contributed by atoms with van der Waals surface area (Å²) in [5.41, 5.74) is 0. The summed E-state index contributed by atoms with van der Waals surface area (Å²) in [7, 11) is 3.39. The maximum Gasteiger partial charge on any atom is 0.210 e. The second-order valence-electron chi connectivity index (χ2n) is 1.19. The summed E-state index contributed by atoms with van der Waals surface area (Å²) in [5.74, 6) is 0. The van der Waals surface area contributed by atoms with Gasteiger partial charge in [0, 0.05) is 7.05 Å². The molecule has 0 atom stereocenters. The predicted molar refractivity (Wildman–Crippen MR) is 27.2 cm³/mol. The van der Waals surface area contributed by atoms with Crippen LogP contribution in [0.2, 0.25) is 0 Å². The zero-order valence-electron chi connectivity index (χ0n) is 4.51. The van der Waals surface area contributed by atoms with Gasteiger partial charge in [0.1, 0.15) is 6.67 Å². The van der Waals surface area contributed by atoms with Gasteiger partial charge in [-0.05, 0) is 7.05 Å². The van der Waals surface area contributed by atoms with Gasteiger partial charge in [-0.15, -0.1) is 0 Å². The van der Waals surface area contributed by atoms with Crippen molar-refractivity contribution >= 4 is 6.41 Å². The van der Waals surface area contributed by atoms with Gasteiger partial charge in [0.2, 0.25) is 6.41 Å². The van der Waals surface area contributed by atoms with Gasteiger partial charge >= 0.3 is 0 Å². The van der Waals surface area contributed by atoms with Crippen LogP contribution in [-0.2, 0) is 4.79 Å². The Morgan fingerprint density at radius 3 is 2.43 bits per heavy atom. The Hall–Kier alpha value is -0.570. The summed E-state index contributed by atoms with van der Waals surface area (Å²) in [5, 5.41) is 2.69. The van der Waals surface area contributed by atoms with E-state index < -0.39 is 0 Å². The molecule has 0 aromatic rings. The lowest BCUT2D eigenvalue weighted by atomic mass is 10.8. The highest BCUT2D eigenvalue weighted by Crippen LogP contribution is 1.71. The van der Waals surface area contributed by atoms with E-state index in [1.54, 1.807) is 20.8 Å². The summed E-state index contributed by atoms with van der Waals surface area (Å²) < 4.78 is 0. The largest absolute Gasteiger partial charge is 0.329 e. The van der Waals surface area contributed by atoms with Gasteiger partial charge in [-0.1, -0.05) is 0 Å². The number of nitrogens with one attached hydrogen (secondary N) is 1. The van der Waals surface area contributed by atoms with Crippen molar-refractivity contribution in [1.82, 2.24) is 10.2 Å². The number of amides is 1. The Morgan fingerprint density at radius 1 is 1.71 bits per heavy atom. The lowest BCUT2D eigenvalue weighted by Gasteiger charge is -2.05. The quantitative estimate of drug-likeness (QED) is 0.482. The van der Waals surface area contributed by atoms with Crippen LogP contribution in [0.3, 0.4) is 0 Å². The highest BCUT2D eigenvalue weighted by atomic mass is 16.1. The molecule has 1 N–H and O–H groups in total. The first-order chi connectivity index (χ1) is 3.31. The number of carbonyl (C=O) groups is 1. The van der Waals surface area contributed by atoms with Crippen LogP contribution >= 0.6 is 0 Å². The maximum atomic E-state index is 9.75. The minimum atomic E-state index is 0.719. The predicted octanol–water partition coefficient (Wildman–Crippen LogP) is -0.587. The monoisotopic (exact) mass is 101 g/mol. The number of nitrogens with zero attached hydrogens (tertiary/aromatic N) is 1. The number of hydrogen-bond acceptors (Lipinski definition) is 2. The van der Waals surface area contributed by atoms with Crippen molar-refractivity contribution < 1.29 is 4.79 Å². The third kappa shape index (κ3) is 3.26. The van der Waals surface area contributed by atoms with Crippen LogP contribution < -0.4 is 5.32 Å². The van der Waals surface area contributed by atoms with E-state index in [9.17, 15) is 4.79 Å². The van der Waals surface area contributed by atoms with Crippen molar-refractivity contribution in [3.05, 3.63) is 6.67 Å². The molecule has 7 heavy (non-hydrogen) atoms.